The van der Waals surface area contributed by atoms with Crippen LogP contribution in [0.3, 0.4) is 0 Å². The first-order chi connectivity index (χ1) is 11.8. The minimum Gasteiger partial charge on any atom is -0.480 e. The van der Waals surface area contributed by atoms with E-state index in [0.29, 0.717) is 0 Å². The summed E-state index contributed by atoms with van der Waals surface area (Å²) >= 11 is 0. The lowest BCUT2D eigenvalue weighted by Crippen LogP contribution is -2.43. The molecule has 26 heavy (non-hydrogen) atoms. The molecule has 3 N–H and O–H groups in total. The van der Waals surface area contributed by atoms with Crippen molar-refractivity contribution in [3.63, 3.8) is 0 Å². The van der Waals surface area contributed by atoms with Crippen molar-refractivity contribution in [3.8, 4) is 5.75 Å². The van der Waals surface area contributed by atoms with E-state index in [9.17, 15) is 35.9 Å². The van der Waals surface area contributed by atoms with Crippen molar-refractivity contribution < 1.29 is 45.8 Å². The minimum atomic E-state index is -4.92. The molecule has 1 aromatic heterocycles. The molecule has 0 saturated carbocycles. The number of carbonyl (C=O) groups excluding carboxylic acids is 1. The van der Waals surface area contributed by atoms with Gasteiger partial charge in [-0.2, -0.15) is 13.2 Å². The second kappa shape index (κ2) is 6.77. The Labute approximate surface area is 140 Å². The highest BCUT2D eigenvalue weighted by Crippen LogP contribution is 2.27. The lowest BCUT2D eigenvalue weighted by molar-refractivity contribution is -0.274. The van der Waals surface area contributed by atoms with Gasteiger partial charge < -0.3 is 20.1 Å². The van der Waals surface area contributed by atoms with E-state index >= 15 is 0 Å². The van der Waals surface area contributed by atoms with Gasteiger partial charge in [0.1, 0.15) is 17.5 Å². The number of ether oxygens (including phenoxy) is 1. The van der Waals surface area contributed by atoms with Crippen molar-refractivity contribution in [1.29, 1.82) is 0 Å². The Morgan fingerprint density at radius 2 is 1.81 bits per heavy atom. The van der Waals surface area contributed by atoms with Gasteiger partial charge in [0.2, 0.25) is 0 Å². The van der Waals surface area contributed by atoms with Crippen LogP contribution in [0.4, 0.5) is 26.3 Å². The third kappa shape index (κ3) is 5.29. The number of aromatic amines is 1. The average Bonchev–Trinajstić information content (AvgIpc) is 2.86. The van der Waals surface area contributed by atoms with Gasteiger partial charge >= 0.3 is 18.5 Å². The summed E-state index contributed by atoms with van der Waals surface area (Å²) in [6, 6.07) is 2.04. The van der Waals surface area contributed by atoms with Crippen LogP contribution in [0.5, 0.6) is 5.75 Å². The summed E-state index contributed by atoms with van der Waals surface area (Å²) in [4.78, 5) is 25.2. The number of H-pyrrole nitrogens is 1. The van der Waals surface area contributed by atoms with Crippen molar-refractivity contribution in [2.75, 3.05) is 0 Å². The van der Waals surface area contributed by atoms with Gasteiger partial charge in [0.05, 0.1) is 6.42 Å². The maximum atomic E-state index is 12.3. The van der Waals surface area contributed by atoms with Gasteiger partial charge in [0.15, 0.2) is 0 Å². The van der Waals surface area contributed by atoms with E-state index in [4.69, 9.17) is 5.11 Å². The summed E-state index contributed by atoms with van der Waals surface area (Å²) in [6.07, 6.45) is -11.5. The lowest BCUT2D eigenvalue weighted by atomic mass is 10.2. The third-order valence-electron chi connectivity index (χ3n) is 3.11. The molecular formula is C14H10F6N2O4. The zero-order chi connectivity index (χ0) is 19.7. The number of halogens is 6. The van der Waals surface area contributed by atoms with Gasteiger partial charge in [0.25, 0.3) is 5.91 Å². The van der Waals surface area contributed by atoms with Crippen LogP contribution >= 0.6 is 0 Å². The minimum absolute atomic E-state index is 0.0413. The second-order valence-corrected chi connectivity index (χ2v) is 5.16. The van der Waals surface area contributed by atoms with Crippen molar-refractivity contribution in [3.05, 3.63) is 30.0 Å². The van der Waals surface area contributed by atoms with E-state index in [0.717, 1.165) is 18.2 Å². The summed E-state index contributed by atoms with van der Waals surface area (Å²) in [5.74, 6) is -3.61. The molecule has 1 aromatic carbocycles. The van der Waals surface area contributed by atoms with E-state index in [-0.39, 0.29) is 16.6 Å². The number of aromatic nitrogens is 1. The van der Waals surface area contributed by atoms with Crippen LogP contribution < -0.4 is 10.1 Å². The number of hydrogen-bond acceptors (Lipinski definition) is 3. The van der Waals surface area contributed by atoms with Gasteiger partial charge in [-0.15, -0.1) is 13.2 Å². The zero-order valence-corrected chi connectivity index (χ0v) is 12.5. The highest BCUT2D eigenvalue weighted by atomic mass is 19.4. The lowest BCUT2D eigenvalue weighted by Gasteiger charge is -2.15. The third-order valence-corrected chi connectivity index (χ3v) is 3.11. The molecule has 0 spiro atoms. The number of rotatable bonds is 5. The molecule has 1 unspecified atom stereocenters. The molecule has 1 heterocycles. The number of carboxylic acid groups (broad SMARTS) is 1. The Morgan fingerprint density at radius 3 is 2.35 bits per heavy atom. The van der Waals surface area contributed by atoms with E-state index < -0.39 is 42.6 Å². The van der Waals surface area contributed by atoms with Gasteiger partial charge in [-0.1, -0.05) is 0 Å². The zero-order valence-electron chi connectivity index (χ0n) is 12.5. The van der Waals surface area contributed by atoms with Gasteiger partial charge in [-0.05, 0) is 18.2 Å². The molecule has 2 aromatic rings. The molecular weight excluding hydrogens is 374 g/mol. The summed E-state index contributed by atoms with van der Waals surface area (Å²) in [7, 11) is 0. The number of aliphatic carboxylic acids is 1. The Kier molecular flexibility index (Phi) is 5.05. The number of nitrogens with one attached hydrogen (secondary N) is 2. The van der Waals surface area contributed by atoms with E-state index in [2.05, 4.69) is 9.72 Å². The van der Waals surface area contributed by atoms with Crippen LogP contribution in [0.25, 0.3) is 10.9 Å². The van der Waals surface area contributed by atoms with Crippen molar-refractivity contribution in [1.82, 2.24) is 10.3 Å². The van der Waals surface area contributed by atoms with Crippen molar-refractivity contribution in [2.45, 2.75) is 25.0 Å². The predicted octanol–water partition coefficient (Wildman–Crippen LogP) is 3.20. The van der Waals surface area contributed by atoms with E-state index in [1.807, 2.05) is 0 Å². The number of benzene rings is 1. The van der Waals surface area contributed by atoms with Crippen LogP contribution in [-0.4, -0.2) is 40.5 Å². The smallest absolute Gasteiger partial charge is 0.480 e. The molecule has 0 fully saturated rings. The highest BCUT2D eigenvalue weighted by molar-refractivity contribution is 5.99. The largest absolute Gasteiger partial charge is 0.573 e. The van der Waals surface area contributed by atoms with Crippen LogP contribution in [-0.2, 0) is 4.79 Å². The summed E-state index contributed by atoms with van der Waals surface area (Å²) < 4.78 is 77.3. The quantitative estimate of drug-likeness (QED) is 0.691. The number of amides is 1. The van der Waals surface area contributed by atoms with Crippen LogP contribution in [0.15, 0.2) is 24.3 Å². The number of fused-ring (bicyclic) bond motifs is 1. The van der Waals surface area contributed by atoms with Crippen LogP contribution in [0.2, 0.25) is 0 Å². The molecule has 1 atom stereocenters. The Hall–Kier alpha value is -2.92. The van der Waals surface area contributed by atoms with Crippen molar-refractivity contribution in [2.24, 2.45) is 0 Å². The molecule has 142 valence electrons. The van der Waals surface area contributed by atoms with Crippen LogP contribution in [0.1, 0.15) is 16.9 Å². The standard InChI is InChI=1S/C14H10F6N2O4/c15-13(16,17)5-10(12(24)25)22-11(23)9-3-6-1-2-7(4-8(6)21-9)26-14(18,19)20/h1-4,10,21H,5H2,(H,22,23)(H,24,25). The summed E-state index contributed by atoms with van der Waals surface area (Å²) in [6.45, 7) is 0. The van der Waals surface area contributed by atoms with Gasteiger partial charge in [-0.3, -0.25) is 4.79 Å². The second-order valence-electron chi connectivity index (χ2n) is 5.16. The summed E-state index contributed by atoms with van der Waals surface area (Å²) in [5.41, 5.74) is -0.280. The molecule has 12 heteroatoms. The highest BCUT2D eigenvalue weighted by Gasteiger charge is 2.36. The molecule has 6 nitrogen and oxygen atoms in total. The summed E-state index contributed by atoms with van der Waals surface area (Å²) in [5, 5.41) is 10.7. The molecule has 0 saturated heterocycles. The molecule has 0 aliphatic carbocycles. The monoisotopic (exact) mass is 384 g/mol. The molecule has 0 bridgehead atoms. The number of carbonyl (C=O) groups is 2. The molecule has 0 aliphatic rings. The topological polar surface area (TPSA) is 91.4 Å². The predicted molar refractivity (Wildman–Crippen MR) is 74.5 cm³/mol. The fraction of sp³-hybridized carbons (Fsp3) is 0.286. The Bertz CT molecular complexity index is 827. The number of hydrogen-bond donors (Lipinski definition) is 3. The maximum absolute atomic E-state index is 12.3. The van der Waals surface area contributed by atoms with Crippen molar-refractivity contribution >= 4 is 22.8 Å². The first kappa shape index (κ1) is 19.4. The fourth-order valence-corrected chi connectivity index (χ4v) is 2.09. The van der Waals surface area contributed by atoms with Crippen LogP contribution in [0, 0.1) is 0 Å². The fourth-order valence-electron chi connectivity index (χ4n) is 2.09. The molecule has 0 radical (unpaired) electrons. The SMILES string of the molecule is O=C(NC(CC(F)(F)F)C(=O)O)c1cc2ccc(OC(F)(F)F)cc2[nH]1. The van der Waals surface area contributed by atoms with Gasteiger partial charge in [-0.25, -0.2) is 4.79 Å². The van der Waals surface area contributed by atoms with Gasteiger partial charge in [0, 0.05) is 17.0 Å². The molecule has 0 aliphatic heterocycles. The molecule has 2 rings (SSSR count). The number of alkyl halides is 6. The number of carboxylic acids is 1. The Morgan fingerprint density at radius 1 is 1.15 bits per heavy atom. The average molecular weight is 384 g/mol. The Balaban J connectivity index is 2.20. The first-order valence-corrected chi connectivity index (χ1v) is 6.83. The first-order valence-electron chi connectivity index (χ1n) is 6.83. The van der Waals surface area contributed by atoms with E-state index in [1.165, 1.54) is 6.07 Å². The maximum Gasteiger partial charge on any atom is 0.573 e. The molecule has 1 amide bonds. The normalized spacial score (nSPS) is 13.5. The van der Waals surface area contributed by atoms with E-state index in [1.54, 1.807) is 5.32 Å².